The molecule has 0 aliphatic rings. The summed E-state index contributed by atoms with van der Waals surface area (Å²) in [7, 11) is 1.46. The summed E-state index contributed by atoms with van der Waals surface area (Å²) in [6.07, 6.45) is -0.169. The zero-order chi connectivity index (χ0) is 8.85. The monoisotopic (exact) mass is 161 g/mol. The van der Waals surface area contributed by atoms with Gasteiger partial charge in [0.15, 0.2) is 0 Å². The topological polar surface area (TPSA) is 72.6 Å². The van der Waals surface area contributed by atoms with Crippen LogP contribution >= 0.6 is 0 Å². The molecule has 4 heteroatoms. The predicted molar refractivity (Wildman–Crippen MR) is 41.1 cm³/mol. The third kappa shape index (κ3) is 3.46. The molecule has 0 spiro atoms. The molecular formula is C7H15NO3. The Hall–Kier alpha value is -0.450. The van der Waals surface area contributed by atoms with Crippen molar-refractivity contribution in [2.45, 2.75) is 31.6 Å². The number of aldehydes is 1. The molecule has 0 aliphatic heterocycles. The van der Waals surface area contributed by atoms with Crippen molar-refractivity contribution in [1.29, 1.82) is 0 Å². The first-order chi connectivity index (χ1) is 5.13. The van der Waals surface area contributed by atoms with Gasteiger partial charge in [0.05, 0.1) is 12.2 Å². The van der Waals surface area contributed by atoms with Crippen molar-refractivity contribution in [1.82, 2.24) is 0 Å². The number of aliphatic hydroxyl groups is 1. The number of carbonyl (C=O) groups excluding carboxylic acids is 1. The number of hydrogen-bond acceptors (Lipinski definition) is 4. The number of hydrogen-bond donors (Lipinski definition) is 2. The van der Waals surface area contributed by atoms with Gasteiger partial charge in [0.2, 0.25) is 0 Å². The normalized spacial score (nSPS) is 18.9. The van der Waals surface area contributed by atoms with Crippen molar-refractivity contribution in [3.8, 4) is 0 Å². The van der Waals surface area contributed by atoms with Gasteiger partial charge in [-0.15, -0.1) is 0 Å². The van der Waals surface area contributed by atoms with Crippen LogP contribution in [0.4, 0.5) is 0 Å². The molecule has 0 saturated heterocycles. The lowest BCUT2D eigenvalue weighted by atomic mass is 10.1. The van der Waals surface area contributed by atoms with E-state index in [4.69, 9.17) is 15.6 Å². The van der Waals surface area contributed by atoms with Gasteiger partial charge in [0.25, 0.3) is 0 Å². The second-order valence-electron chi connectivity index (χ2n) is 2.51. The largest absolute Gasteiger partial charge is 0.391 e. The van der Waals surface area contributed by atoms with Gasteiger partial charge in [0, 0.05) is 19.6 Å². The highest BCUT2D eigenvalue weighted by Gasteiger charge is 2.21. The Bertz CT molecular complexity index is 116. The Kier molecular flexibility index (Phi) is 5.02. The Labute approximate surface area is 66.3 Å². The molecule has 66 valence electrons. The van der Waals surface area contributed by atoms with Crippen LogP contribution in [0.3, 0.4) is 0 Å². The summed E-state index contributed by atoms with van der Waals surface area (Å²) in [4.78, 5) is 10.0. The highest BCUT2D eigenvalue weighted by Crippen LogP contribution is 2.03. The summed E-state index contributed by atoms with van der Waals surface area (Å²) in [6, 6.07) is -0.419. The fraction of sp³-hybridized carbons (Fsp3) is 0.857. The number of methoxy groups -OCH3 is 1. The number of ether oxygens (including phenoxy) is 1. The number of carbonyl (C=O) groups is 1. The van der Waals surface area contributed by atoms with Gasteiger partial charge < -0.3 is 20.4 Å². The molecule has 0 fully saturated rings. The molecule has 11 heavy (non-hydrogen) atoms. The van der Waals surface area contributed by atoms with Gasteiger partial charge in [-0.3, -0.25) is 0 Å². The van der Waals surface area contributed by atoms with E-state index in [0.717, 1.165) is 6.29 Å². The summed E-state index contributed by atoms with van der Waals surface area (Å²) >= 11 is 0. The molecule has 0 rings (SSSR count). The lowest BCUT2D eigenvalue weighted by molar-refractivity contribution is -0.109. The van der Waals surface area contributed by atoms with Crippen LogP contribution in [0, 0.1) is 0 Å². The van der Waals surface area contributed by atoms with E-state index in [1.807, 2.05) is 0 Å². The van der Waals surface area contributed by atoms with E-state index in [2.05, 4.69) is 0 Å². The second kappa shape index (κ2) is 5.23. The molecular weight excluding hydrogens is 146 g/mol. The van der Waals surface area contributed by atoms with E-state index in [1.165, 1.54) is 7.11 Å². The van der Waals surface area contributed by atoms with Crippen molar-refractivity contribution >= 4 is 6.29 Å². The molecule has 4 nitrogen and oxygen atoms in total. The fourth-order valence-corrected chi connectivity index (χ4v) is 0.975. The Morgan fingerprint density at radius 1 is 1.73 bits per heavy atom. The van der Waals surface area contributed by atoms with Crippen molar-refractivity contribution in [2.75, 3.05) is 7.11 Å². The van der Waals surface area contributed by atoms with Gasteiger partial charge in [-0.2, -0.15) is 0 Å². The van der Waals surface area contributed by atoms with Crippen molar-refractivity contribution in [2.24, 2.45) is 5.73 Å². The molecule has 0 aromatic carbocycles. The van der Waals surface area contributed by atoms with Crippen LogP contribution in [0.15, 0.2) is 0 Å². The summed E-state index contributed by atoms with van der Waals surface area (Å²) < 4.78 is 4.89. The van der Waals surface area contributed by atoms with Gasteiger partial charge >= 0.3 is 0 Å². The maximum atomic E-state index is 10.0. The van der Waals surface area contributed by atoms with Crippen LogP contribution < -0.4 is 5.73 Å². The quantitative estimate of drug-likeness (QED) is 0.523. The van der Waals surface area contributed by atoms with E-state index in [9.17, 15) is 4.79 Å². The predicted octanol–water partition coefficient (Wildman–Crippen LogP) is -0.702. The highest BCUT2D eigenvalue weighted by atomic mass is 16.5. The first-order valence-corrected chi connectivity index (χ1v) is 3.53. The highest BCUT2D eigenvalue weighted by molar-refractivity contribution is 5.50. The number of aliphatic hydroxyl groups excluding tert-OH is 1. The molecule has 0 aromatic rings. The van der Waals surface area contributed by atoms with Gasteiger partial charge in [-0.25, -0.2) is 0 Å². The number of nitrogens with two attached hydrogens (primary N) is 1. The minimum Gasteiger partial charge on any atom is -0.391 e. The zero-order valence-electron chi connectivity index (χ0n) is 6.86. The smallest absolute Gasteiger partial charge is 0.121 e. The first-order valence-electron chi connectivity index (χ1n) is 3.53. The standard InChI is InChI=1S/C7H15NO3/c1-5(10)7(11-2)6(8)3-4-9/h4-7,10H,3,8H2,1-2H3/t5-,6-,7-/m0/s1. The summed E-state index contributed by atoms with van der Waals surface area (Å²) in [6.45, 7) is 1.58. The number of rotatable bonds is 5. The van der Waals surface area contributed by atoms with E-state index in [0.29, 0.717) is 0 Å². The van der Waals surface area contributed by atoms with E-state index in [1.54, 1.807) is 6.92 Å². The van der Waals surface area contributed by atoms with Gasteiger partial charge in [-0.1, -0.05) is 0 Å². The third-order valence-electron chi connectivity index (χ3n) is 1.54. The minimum absolute atomic E-state index is 0.212. The Morgan fingerprint density at radius 2 is 2.27 bits per heavy atom. The maximum absolute atomic E-state index is 10.0. The lowest BCUT2D eigenvalue weighted by Crippen LogP contribution is -2.43. The van der Waals surface area contributed by atoms with Gasteiger partial charge in [-0.05, 0) is 6.92 Å². The minimum atomic E-state index is -0.644. The lowest BCUT2D eigenvalue weighted by Gasteiger charge is -2.23. The van der Waals surface area contributed by atoms with Crippen LogP contribution in [-0.4, -0.2) is 36.8 Å². The fourth-order valence-electron chi connectivity index (χ4n) is 0.975. The molecule has 0 aliphatic carbocycles. The third-order valence-corrected chi connectivity index (χ3v) is 1.54. The average molecular weight is 161 g/mol. The zero-order valence-corrected chi connectivity index (χ0v) is 6.86. The van der Waals surface area contributed by atoms with Crippen LogP contribution in [-0.2, 0) is 9.53 Å². The van der Waals surface area contributed by atoms with Crippen LogP contribution in [0.5, 0.6) is 0 Å². The molecule has 0 bridgehead atoms. The average Bonchev–Trinajstić information content (AvgIpc) is 1.88. The van der Waals surface area contributed by atoms with Crippen LogP contribution in [0.1, 0.15) is 13.3 Å². The summed E-state index contributed by atoms with van der Waals surface area (Å²) in [5.74, 6) is 0. The van der Waals surface area contributed by atoms with Crippen molar-refractivity contribution in [3.63, 3.8) is 0 Å². The van der Waals surface area contributed by atoms with E-state index >= 15 is 0 Å². The van der Waals surface area contributed by atoms with Gasteiger partial charge in [0.1, 0.15) is 6.29 Å². The molecule has 0 saturated carbocycles. The second-order valence-corrected chi connectivity index (χ2v) is 2.51. The molecule has 0 radical (unpaired) electrons. The van der Waals surface area contributed by atoms with Crippen molar-refractivity contribution < 1.29 is 14.6 Å². The van der Waals surface area contributed by atoms with Crippen LogP contribution in [0.2, 0.25) is 0 Å². The SMILES string of the molecule is CO[C@@H]([C@H](C)O)[C@@H](N)CC=O. The maximum Gasteiger partial charge on any atom is 0.121 e. The first kappa shape index (κ1) is 10.6. The Balaban J connectivity index is 3.90. The summed E-state index contributed by atoms with van der Waals surface area (Å²) in [5, 5.41) is 9.09. The van der Waals surface area contributed by atoms with Crippen LogP contribution in [0.25, 0.3) is 0 Å². The molecule has 0 amide bonds. The summed E-state index contributed by atoms with van der Waals surface area (Å²) in [5.41, 5.74) is 5.52. The molecule has 0 heterocycles. The molecule has 3 atom stereocenters. The van der Waals surface area contributed by atoms with E-state index < -0.39 is 18.2 Å². The molecule has 0 aromatic heterocycles. The molecule has 3 N–H and O–H groups in total. The van der Waals surface area contributed by atoms with Crippen molar-refractivity contribution in [3.05, 3.63) is 0 Å². The van der Waals surface area contributed by atoms with E-state index in [-0.39, 0.29) is 6.42 Å². The molecule has 0 unspecified atom stereocenters. The Morgan fingerprint density at radius 3 is 2.55 bits per heavy atom.